The molecular weight excluding hydrogens is 186 g/mol. The van der Waals surface area contributed by atoms with Gasteiger partial charge in [0, 0.05) is 12.3 Å². The molecule has 0 amide bonds. The fourth-order valence-electron chi connectivity index (χ4n) is 1.84. The molecule has 0 aromatic heterocycles. The summed E-state index contributed by atoms with van der Waals surface area (Å²) in [5.74, 6) is 0. The van der Waals surface area contributed by atoms with Crippen molar-refractivity contribution < 1.29 is 0 Å². The van der Waals surface area contributed by atoms with Crippen LogP contribution >= 0.6 is 0 Å². The van der Waals surface area contributed by atoms with Gasteiger partial charge in [0.25, 0.3) is 0 Å². The van der Waals surface area contributed by atoms with Crippen LogP contribution in [0.1, 0.15) is 12.8 Å². The molecule has 1 heterocycles. The van der Waals surface area contributed by atoms with Crippen LogP contribution in [0.4, 0.5) is 0 Å². The zero-order chi connectivity index (χ0) is 11.3. The van der Waals surface area contributed by atoms with Gasteiger partial charge in [-0.3, -0.25) is 4.99 Å². The van der Waals surface area contributed by atoms with Gasteiger partial charge in [-0.1, -0.05) is 6.58 Å². The minimum Gasteiger partial charge on any atom is -0.306 e. The van der Waals surface area contributed by atoms with Crippen LogP contribution in [-0.2, 0) is 0 Å². The minimum atomic E-state index is 0.508. The summed E-state index contributed by atoms with van der Waals surface area (Å²) in [6, 6.07) is 0.508. The number of rotatable bonds is 4. The van der Waals surface area contributed by atoms with Crippen molar-refractivity contribution in [3.63, 3.8) is 0 Å². The predicted octanol–water partition coefficient (Wildman–Crippen LogP) is 1.27. The molecule has 0 radical (unpaired) electrons. The minimum absolute atomic E-state index is 0.508. The van der Waals surface area contributed by atoms with Crippen LogP contribution in [0.3, 0.4) is 0 Å². The zero-order valence-electron chi connectivity index (χ0n) is 10.2. The molecule has 0 atom stereocenters. The Balaban J connectivity index is 2.48. The van der Waals surface area contributed by atoms with Crippen molar-refractivity contribution in [3.8, 4) is 0 Å². The van der Waals surface area contributed by atoms with E-state index in [1.54, 1.807) is 0 Å². The van der Waals surface area contributed by atoms with Crippen molar-refractivity contribution in [2.45, 2.75) is 18.9 Å². The highest BCUT2D eigenvalue weighted by Crippen LogP contribution is 2.12. The average molecular weight is 209 g/mol. The third kappa shape index (κ3) is 4.58. The molecule has 1 rings (SSSR count). The molecule has 1 saturated heterocycles. The van der Waals surface area contributed by atoms with E-state index in [0.717, 1.165) is 12.3 Å². The van der Waals surface area contributed by atoms with Gasteiger partial charge in [-0.05, 0) is 53.2 Å². The van der Waals surface area contributed by atoms with Gasteiger partial charge in [0.1, 0.15) is 0 Å². The number of piperidine rings is 1. The highest BCUT2D eigenvalue weighted by molar-refractivity contribution is 5.96. The average Bonchev–Trinajstić information content (AvgIpc) is 2.19. The summed E-state index contributed by atoms with van der Waals surface area (Å²) < 4.78 is 0. The largest absolute Gasteiger partial charge is 0.306 e. The maximum atomic E-state index is 4.76. The van der Waals surface area contributed by atoms with Gasteiger partial charge in [0.15, 0.2) is 0 Å². The molecule has 0 spiro atoms. The Morgan fingerprint density at radius 1 is 1.47 bits per heavy atom. The summed E-state index contributed by atoms with van der Waals surface area (Å²) >= 11 is 0. The van der Waals surface area contributed by atoms with Gasteiger partial charge in [-0.25, -0.2) is 0 Å². The fraction of sp³-hybridized carbons (Fsp3) is 0.750. The van der Waals surface area contributed by atoms with E-state index in [9.17, 15) is 0 Å². The smallest absolute Gasteiger partial charge is 0.0527 e. The van der Waals surface area contributed by atoms with Crippen LogP contribution in [0.15, 0.2) is 17.6 Å². The van der Waals surface area contributed by atoms with E-state index in [4.69, 9.17) is 4.99 Å². The Morgan fingerprint density at radius 3 is 2.53 bits per heavy atom. The van der Waals surface area contributed by atoms with Gasteiger partial charge in [0.2, 0.25) is 0 Å². The first kappa shape index (κ1) is 12.4. The Bertz CT molecular complexity index is 225. The molecule has 1 aliphatic rings. The maximum Gasteiger partial charge on any atom is 0.0527 e. The first-order valence-electron chi connectivity index (χ1n) is 5.64. The van der Waals surface area contributed by atoms with E-state index in [0.29, 0.717) is 6.04 Å². The number of aliphatic imine (C=N–C) groups is 1. The maximum absolute atomic E-state index is 4.76. The van der Waals surface area contributed by atoms with Crippen LogP contribution in [0.25, 0.3) is 0 Å². The molecule has 0 aliphatic carbocycles. The second-order valence-corrected chi connectivity index (χ2v) is 4.60. The van der Waals surface area contributed by atoms with Crippen LogP contribution in [0.2, 0.25) is 0 Å². The molecule has 3 heteroatoms. The van der Waals surface area contributed by atoms with E-state index >= 15 is 0 Å². The highest BCUT2D eigenvalue weighted by atomic mass is 15.1. The lowest BCUT2D eigenvalue weighted by molar-refractivity contribution is 0.257. The van der Waals surface area contributed by atoms with Gasteiger partial charge >= 0.3 is 0 Å². The summed E-state index contributed by atoms with van der Waals surface area (Å²) in [4.78, 5) is 9.26. The second kappa shape index (κ2) is 6.03. The molecule has 0 bridgehead atoms. The summed E-state index contributed by atoms with van der Waals surface area (Å²) in [7, 11) is 6.30. The van der Waals surface area contributed by atoms with E-state index in [1.807, 2.05) is 6.08 Å². The van der Waals surface area contributed by atoms with Crippen molar-refractivity contribution in [2.75, 3.05) is 40.8 Å². The van der Waals surface area contributed by atoms with E-state index in [1.165, 1.54) is 25.9 Å². The van der Waals surface area contributed by atoms with Crippen LogP contribution in [0, 0.1) is 0 Å². The van der Waals surface area contributed by atoms with Crippen molar-refractivity contribution in [1.82, 2.24) is 9.80 Å². The van der Waals surface area contributed by atoms with Gasteiger partial charge < -0.3 is 9.80 Å². The normalized spacial score (nSPS) is 20.9. The Kier molecular flexibility index (Phi) is 4.99. The lowest BCUT2D eigenvalue weighted by atomic mass is 10.1. The third-order valence-electron chi connectivity index (χ3n) is 2.75. The van der Waals surface area contributed by atoms with Gasteiger partial charge in [-0.2, -0.15) is 0 Å². The van der Waals surface area contributed by atoms with Crippen LogP contribution < -0.4 is 0 Å². The summed E-state index contributed by atoms with van der Waals surface area (Å²) in [6.07, 6.45) is 4.25. The van der Waals surface area contributed by atoms with Crippen LogP contribution in [-0.4, -0.2) is 62.3 Å². The van der Waals surface area contributed by atoms with Crippen molar-refractivity contribution in [3.05, 3.63) is 12.7 Å². The topological polar surface area (TPSA) is 18.8 Å². The van der Waals surface area contributed by atoms with Crippen molar-refractivity contribution in [1.29, 1.82) is 0 Å². The van der Waals surface area contributed by atoms with E-state index < -0.39 is 0 Å². The zero-order valence-corrected chi connectivity index (χ0v) is 10.2. The number of hydrogen-bond donors (Lipinski definition) is 0. The Labute approximate surface area is 93.5 Å². The third-order valence-corrected chi connectivity index (χ3v) is 2.75. The van der Waals surface area contributed by atoms with E-state index in [2.05, 4.69) is 37.5 Å². The van der Waals surface area contributed by atoms with Crippen LogP contribution in [0.5, 0.6) is 0 Å². The number of hydrogen-bond acceptors (Lipinski definition) is 3. The number of likely N-dealkylation sites (tertiary alicyclic amines) is 1. The predicted molar refractivity (Wildman–Crippen MR) is 66.7 cm³/mol. The van der Waals surface area contributed by atoms with Crippen molar-refractivity contribution in [2.24, 2.45) is 4.99 Å². The SMILES string of the molecule is C=CC(CN(C)C)=NC1CCN(C)CC1. The Hall–Kier alpha value is -0.670. The van der Waals surface area contributed by atoms with E-state index in [-0.39, 0.29) is 0 Å². The first-order chi connectivity index (χ1) is 7.11. The molecular formula is C12H23N3. The molecule has 0 saturated carbocycles. The quantitative estimate of drug-likeness (QED) is 0.649. The van der Waals surface area contributed by atoms with Gasteiger partial charge in [0.05, 0.1) is 6.04 Å². The Morgan fingerprint density at radius 2 is 2.07 bits per heavy atom. The first-order valence-corrected chi connectivity index (χ1v) is 5.64. The number of nitrogens with zero attached hydrogens (tertiary/aromatic N) is 3. The summed E-state index contributed by atoms with van der Waals surface area (Å²) in [5.41, 5.74) is 1.12. The molecule has 0 aromatic rings. The highest BCUT2D eigenvalue weighted by Gasteiger charge is 2.15. The molecule has 15 heavy (non-hydrogen) atoms. The fourth-order valence-corrected chi connectivity index (χ4v) is 1.84. The molecule has 1 fully saturated rings. The van der Waals surface area contributed by atoms with Crippen molar-refractivity contribution >= 4 is 5.71 Å². The molecule has 1 aliphatic heterocycles. The lowest BCUT2D eigenvalue weighted by Crippen LogP contribution is -2.33. The lowest BCUT2D eigenvalue weighted by Gasteiger charge is -2.27. The molecule has 3 nitrogen and oxygen atoms in total. The molecule has 0 N–H and O–H groups in total. The molecule has 0 unspecified atom stereocenters. The van der Waals surface area contributed by atoms with Gasteiger partial charge in [-0.15, -0.1) is 0 Å². The summed E-state index contributed by atoms with van der Waals surface area (Å²) in [5, 5.41) is 0. The summed E-state index contributed by atoms with van der Waals surface area (Å²) in [6.45, 7) is 7.06. The second-order valence-electron chi connectivity index (χ2n) is 4.60. The standard InChI is InChI=1S/C12H23N3/c1-5-11(10-14(2)3)13-12-6-8-15(4)9-7-12/h5,12H,1,6-10H2,2-4H3. The monoisotopic (exact) mass is 209 g/mol. The molecule has 0 aromatic carbocycles. The molecule has 86 valence electrons.